The van der Waals surface area contributed by atoms with E-state index in [1.807, 2.05) is 0 Å². The lowest BCUT2D eigenvalue weighted by molar-refractivity contribution is 0.0701. The van der Waals surface area contributed by atoms with E-state index in [0.29, 0.717) is 0 Å². The van der Waals surface area contributed by atoms with Gasteiger partial charge >= 0.3 is 5.97 Å². The van der Waals surface area contributed by atoms with E-state index in [9.17, 15) is 13.6 Å². The van der Waals surface area contributed by atoms with Crippen LogP contribution in [0.2, 0.25) is 0 Å². The molecule has 0 aliphatic rings. The fourth-order valence-electron chi connectivity index (χ4n) is 0.856. The Balaban J connectivity index is 3.13. The Bertz CT molecular complexity index is 306. The van der Waals surface area contributed by atoms with Gasteiger partial charge in [-0.25, -0.2) is 13.6 Å². The van der Waals surface area contributed by atoms with Crippen LogP contribution in [0, 0.1) is 6.92 Å². The number of carbonyl (C=O) groups is 1. The molecule has 66 valence electrons. The maximum absolute atomic E-state index is 12.1. The van der Waals surface area contributed by atoms with Gasteiger partial charge in [-0.05, 0) is 12.5 Å². The maximum Gasteiger partial charge on any atom is 0.346 e. The second-order valence-electron chi connectivity index (χ2n) is 2.25. The number of carboxylic acid groups (broad SMARTS) is 1. The predicted octanol–water partition coefficient (Wildman–Crippen LogP) is 2.69. The summed E-state index contributed by atoms with van der Waals surface area (Å²) in [7, 11) is 0. The average Bonchev–Trinajstić information content (AvgIpc) is 2.30. The third kappa shape index (κ3) is 1.45. The van der Waals surface area contributed by atoms with Gasteiger partial charge in [0.15, 0.2) is 0 Å². The number of thiophene rings is 1. The van der Waals surface area contributed by atoms with Crippen molar-refractivity contribution in [1.29, 1.82) is 0 Å². The molecule has 2 nitrogen and oxygen atoms in total. The highest BCUT2D eigenvalue weighted by molar-refractivity contribution is 7.12. The molecule has 1 rings (SSSR count). The Labute approximate surface area is 71.5 Å². The second kappa shape index (κ2) is 3.18. The first-order valence-corrected chi connectivity index (χ1v) is 4.01. The largest absolute Gasteiger partial charge is 0.477 e. The van der Waals surface area contributed by atoms with Crippen LogP contribution in [0.5, 0.6) is 0 Å². The summed E-state index contributed by atoms with van der Waals surface area (Å²) < 4.78 is 24.2. The van der Waals surface area contributed by atoms with Gasteiger partial charge in [0.1, 0.15) is 4.88 Å². The molecule has 1 N–H and O–H groups in total. The first-order valence-electron chi connectivity index (χ1n) is 3.13. The molecule has 1 heterocycles. The van der Waals surface area contributed by atoms with Gasteiger partial charge in [-0.1, -0.05) is 0 Å². The van der Waals surface area contributed by atoms with Gasteiger partial charge in [0.2, 0.25) is 0 Å². The molecular weight excluding hydrogens is 186 g/mol. The molecule has 0 saturated heterocycles. The molecule has 0 fully saturated rings. The van der Waals surface area contributed by atoms with Crippen LogP contribution in [0.15, 0.2) is 5.38 Å². The second-order valence-corrected chi connectivity index (χ2v) is 3.13. The van der Waals surface area contributed by atoms with Crippen LogP contribution in [0.1, 0.15) is 27.2 Å². The summed E-state index contributed by atoms with van der Waals surface area (Å²) in [5.41, 5.74) is -0.0140. The van der Waals surface area contributed by atoms with Crippen molar-refractivity contribution in [2.75, 3.05) is 0 Å². The topological polar surface area (TPSA) is 37.3 Å². The van der Waals surface area contributed by atoms with E-state index in [4.69, 9.17) is 5.11 Å². The van der Waals surface area contributed by atoms with Crippen molar-refractivity contribution in [3.05, 3.63) is 21.4 Å². The van der Waals surface area contributed by atoms with Gasteiger partial charge in [-0.15, -0.1) is 11.3 Å². The Hall–Kier alpha value is -0.970. The third-order valence-electron chi connectivity index (χ3n) is 1.51. The molecule has 0 aliphatic heterocycles. The Morgan fingerprint density at radius 1 is 1.67 bits per heavy atom. The van der Waals surface area contributed by atoms with Gasteiger partial charge in [-0.2, -0.15) is 0 Å². The first kappa shape index (κ1) is 9.12. The maximum atomic E-state index is 12.1. The van der Waals surface area contributed by atoms with Crippen LogP contribution in [-0.2, 0) is 0 Å². The number of alkyl halides is 2. The molecule has 0 bridgehead atoms. The fourth-order valence-corrected chi connectivity index (χ4v) is 1.78. The van der Waals surface area contributed by atoms with Gasteiger partial charge in [0.05, 0.1) is 0 Å². The van der Waals surface area contributed by atoms with E-state index < -0.39 is 12.4 Å². The first-order chi connectivity index (χ1) is 5.54. The van der Waals surface area contributed by atoms with Crippen LogP contribution >= 0.6 is 11.3 Å². The number of halogens is 2. The number of hydrogen-bond acceptors (Lipinski definition) is 2. The Morgan fingerprint density at radius 2 is 2.25 bits per heavy atom. The highest BCUT2D eigenvalue weighted by atomic mass is 32.1. The fraction of sp³-hybridized carbons (Fsp3) is 0.286. The van der Waals surface area contributed by atoms with E-state index in [1.165, 1.54) is 12.3 Å². The molecule has 0 spiro atoms. The van der Waals surface area contributed by atoms with E-state index >= 15 is 0 Å². The lowest BCUT2D eigenvalue weighted by Gasteiger charge is -1.96. The molecule has 0 aromatic carbocycles. The molecular formula is C7H6F2O2S. The normalized spacial score (nSPS) is 10.7. The highest BCUT2D eigenvalue weighted by Gasteiger charge is 2.18. The SMILES string of the molecule is Cc1c(C(F)F)csc1C(=O)O. The summed E-state index contributed by atoms with van der Waals surface area (Å²) in [6.07, 6.45) is -2.59. The van der Waals surface area contributed by atoms with Crippen LogP contribution in [0.4, 0.5) is 8.78 Å². The van der Waals surface area contributed by atoms with Crippen molar-refractivity contribution in [2.45, 2.75) is 13.3 Å². The molecule has 12 heavy (non-hydrogen) atoms. The summed E-state index contributed by atoms with van der Waals surface area (Å²) in [4.78, 5) is 10.4. The zero-order valence-electron chi connectivity index (χ0n) is 6.17. The number of carboxylic acids is 1. The predicted molar refractivity (Wildman–Crippen MR) is 41.0 cm³/mol. The standard InChI is InChI=1S/C7H6F2O2S/c1-3-4(6(8)9)2-12-5(3)7(10)11/h2,6H,1H3,(H,10,11). The molecule has 0 aliphatic carbocycles. The van der Waals surface area contributed by atoms with Crippen molar-refractivity contribution in [1.82, 2.24) is 0 Å². The molecule has 0 unspecified atom stereocenters. The van der Waals surface area contributed by atoms with Gasteiger partial charge in [0.25, 0.3) is 6.43 Å². The number of aromatic carboxylic acids is 1. The smallest absolute Gasteiger partial charge is 0.346 e. The minimum Gasteiger partial charge on any atom is -0.477 e. The van der Waals surface area contributed by atoms with E-state index in [1.54, 1.807) is 0 Å². The Morgan fingerprint density at radius 3 is 2.50 bits per heavy atom. The van der Waals surface area contributed by atoms with E-state index in [-0.39, 0.29) is 16.0 Å². The third-order valence-corrected chi connectivity index (χ3v) is 2.59. The highest BCUT2D eigenvalue weighted by Crippen LogP contribution is 2.29. The zero-order chi connectivity index (χ0) is 9.30. The summed E-state index contributed by atoms with van der Waals surface area (Å²) in [5.74, 6) is -1.15. The summed E-state index contributed by atoms with van der Waals surface area (Å²) in [6, 6.07) is 0. The van der Waals surface area contributed by atoms with E-state index in [0.717, 1.165) is 11.3 Å². The summed E-state index contributed by atoms with van der Waals surface area (Å²) >= 11 is 0.833. The summed E-state index contributed by atoms with van der Waals surface area (Å²) in [5, 5.41) is 9.71. The van der Waals surface area contributed by atoms with Crippen LogP contribution in [0.25, 0.3) is 0 Å². The average molecular weight is 192 g/mol. The van der Waals surface area contributed by atoms with Gasteiger partial charge < -0.3 is 5.11 Å². The van der Waals surface area contributed by atoms with Crippen LogP contribution in [0.3, 0.4) is 0 Å². The molecule has 1 aromatic heterocycles. The number of hydrogen-bond donors (Lipinski definition) is 1. The molecule has 0 saturated carbocycles. The quantitative estimate of drug-likeness (QED) is 0.782. The van der Waals surface area contributed by atoms with Gasteiger partial charge in [0, 0.05) is 10.9 Å². The molecule has 5 heteroatoms. The van der Waals surface area contributed by atoms with Gasteiger partial charge in [-0.3, -0.25) is 0 Å². The monoisotopic (exact) mass is 192 g/mol. The molecule has 0 atom stereocenters. The van der Waals surface area contributed by atoms with Crippen molar-refractivity contribution >= 4 is 17.3 Å². The van der Waals surface area contributed by atoms with Crippen LogP contribution in [-0.4, -0.2) is 11.1 Å². The molecule has 0 radical (unpaired) electrons. The van der Waals surface area contributed by atoms with Crippen molar-refractivity contribution < 1.29 is 18.7 Å². The Kier molecular flexibility index (Phi) is 2.42. The van der Waals surface area contributed by atoms with Crippen molar-refractivity contribution in [3.8, 4) is 0 Å². The minimum atomic E-state index is -2.59. The summed E-state index contributed by atoms with van der Waals surface area (Å²) in [6.45, 7) is 1.39. The zero-order valence-corrected chi connectivity index (χ0v) is 6.99. The molecule has 1 aromatic rings. The lowest BCUT2D eigenvalue weighted by Crippen LogP contribution is -1.95. The van der Waals surface area contributed by atoms with Crippen molar-refractivity contribution in [2.24, 2.45) is 0 Å². The number of rotatable bonds is 2. The molecule has 0 amide bonds. The van der Waals surface area contributed by atoms with Crippen LogP contribution < -0.4 is 0 Å². The lowest BCUT2D eigenvalue weighted by atomic mass is 10.2. The minimum absolute atomic E-state index is 0.00898. The van der Waals surface area contributed by atoms with E-state index in [2.05, 4.69) is 0 Å². The van der Waals surface area contributed by atoms with Crippen molar-refractivity contribution in [3.63, 3.8) is 0 Å².